The van der Waals surface area contributed by atoms with Crippen LogP contribution in [0.15, 0.2) is 29.4 Å². The number of rotatable bonds is 4. The quantitative estimate of drug-likeness (QED) is 0.745. The highest BCUT2D eigenvalue weighted by Gasteiger charge is 2.19. The van der Waals surface area contributed by atoms with Gasteiger partial charge in [0.1, 0.15) is 0 Å². The number of amides is 3. The van der Waals surface area contributed by atoms with E-state index in [4.69, 9.17) is 0 Å². The second-order valence-corrected chi connectivity index (χ2v) is 5.97. The fraction of sp³-hybridized carbons (Fsp3) is 0.286. The molecular formula is C14H17N5O2S. The van der Waals surface area contributed by atoms with E-state index in [1.165, 1.54) is 18.8 Å². The third-order valence-corrected chi connectivity index (χ3v) is 3.87. The number of imide groups is 1. The highest BCUT2D eigenvalue weighted by Crippen LogP contribution is 2.22. The molecule has 22 heavy (non-hydrogen) atoms. The summed E-state index contributed by atoms with van der Waals surface area (Å²) in [6.07, 6.45) is 0. The van der Waals surface area contributed by atoms with Crippen LogP contribution in [0.3, 0.4) is 0 Å². The maximum Gasteiger partial charge on any atom is 0.321 e. The molecule has 0 aliphatic carbocycles. The van der Waals surface area contributed by atoms with Gasteiger partial charge in [0.05, 0.1) is 5.25 Å². The largest absolute Gasteiger partial charge is 0.341 e. The number of aromatic nitrogens is 3. The van der Waals surface area contributed by atoms with Crippen LogP contribution in [-0.2, 0) is 4.79 Å². The van der Waals surface area contributed by atoms with E-state index >= 15 is 0 Å². The lowest BCUT2D eigenvalue weighted by Crippen LogP contribution is -2.41. The van der Waals surface area contributed by atoms with Gasteiger partial charge in [0, 0.05) is 12.6 Å². The minimum Gasteiger partial charge on any atom is -0.341 e. The van der Waals surface area contributed by atoms with Crippen LogP contribution in [0.2, 0.25) is 0 Å². The molecule has 1 aromatic carbocycles. The zero-order chi connectivity index (χ0) is 16.1. The molecule has 7 nitrogen and oxygen atoms in total. The van der Waals surface area contributed by atoms with Gasteiger partial charge in [-0.15, -0.1) is 5.10 Å². The molecule has 0 fully saturated rings. The van der Waals surface area contributed by atoms with Crippen molar-refractivity contribution in [3.05, 3.63) is 29.8 Å². The molecule has 0 saturated heterocycles. The lowest BCUT2D eigenvalue weighted by atomic mass is 10.1. The number of carbonyl (C=O) groups is 2. The summed E-state index contributed by atoms with van der Waals surface area (Å²) < 4.78 is 0. The van der Waals surface area contributed by atoms with Crippen molar-refractivity contribution in [1.29, 1.82) is 0 Å². The van der Waals surface area contributed by atoms with E-state index in [0.29, 0.717) is 11.0 Å². The van der Waals surface area contributed by atoms with Crippen molar-refractivity contribution in [2.24, 2.45) is 0 Å². The van der Waals surface area contributed by atoms with Gasteiger partial charge < -0.3 is 5.32 Å². The Morgan fingerprint density at radius 3 is 2.59 bits per heavy atom. The van der Waals surface area contributed by atoms with Crippen molar-refractivity contribution < 1.29 is 9.59 Å². The first-order chi connectivity index (χ1) is 10.5. The molecule has 1 heterocycles. The van der Waals surface area contributed by atoms with Gasteiger partial charge >= 0.3 is 6.03 Å². The number of carbonyl (C=O) groups excluding carboxylic acids is 2. The fourth-order valence-corrected chi connectivity index (χ4v) is 2.35. The number of benzene rings is 1. The van der Waals surface area contributed by atoms with Crippen LogP contribution in [0.5, 0.6) is 0 Å². The number of nitrogens with zero attached hydrogens (tertiary/aromatic N) is 2. The van der Waals surface area contributed by atoms with E-state index in [-0.39, 0.29) is 0 Å². The highest BCUT2D eigenvalue weighted by molar-refractivity contribution is 8.00. The summed E-state index contributed by atoms with van der Waals surface area (Å²) >= 11 is 1.18. The Balaban J connectivity index is 2.01. The lowest BCUT2D eigenvalue weighted by Gasteiger charge is -2.08. The Kier molecular flexibility index (Phi) is 5.16. The summed E-state index contributed by atoms with van der Waals surface area (Å²) in [5.74, 6) is 0.243. The molecule has 1 atom stereocenters. The topological polar surface area (TPSA) is 99.8 Å². The van der Waals surface area contributed by atoms with Crippen molar-refractivity contribution in [2.45, 2.75) is 24.3 Å². The normalized spacial score (nSPS) is 11.8. The third-order valence-electron chi connectivity index (χ3n) is 2.91. The van der Waals surface area contributed by atoms with E-state index in [9.17, 15) is 9.59 Å². The van der Waals surface area contributed by atoms with Crippen LogP contribution in [0, 0.1) is 6.92 Å². The SMILES string of the molecule is CNC(=O)NC(=O)[C@@H](C)Sc1n[nH]c(-c2ccc(C)cc2)n1. The lowest BCUT2D eigenvalue weighted by molar-refractivity contribution is -0.119. The first kappa shape index (κ1) is 16.0. The number of hydrogen-bond acceptors (Lipinski definition) is 5. The summed E-state index contributed by atoms with van der Waals surface area (Å²) in [4.78, 5) is 27.2. The maximum atomic E-state index is 11.8. The van der Waals surface area contributed by atoms with Crippen LogP contribution in [0.25, 0.3) is 11.4 Å². The van der Waals surface area contributed by atoms with Crippen molar-refractivity contribution in [3.8, 4) is 11.4 Å². The van der Waals surface area contributed by atoms with E-state index < -0.39 is 17.2 Å². The van der Waals surface area contributed by atoms with Gasteiger partial charge in [0.25, 0.3) is 0 Å². The monoisotopic (exact) mass is 319 g/mol. The molecule has 1 aromatic heterocycles. The Morgan fingerprint density at radius 2 is 1.95 bits per heavy atom. The zero-order valence-corrected chi connectivity index (χ0v) is 13.3. The molecule has 0 aliphatic heterocycles. The third kappa shape index (κ3) is 4.08. The molecule has 0 unspecified atom stereocenters. The van der Waals surface area contributed by atoms with E-state index in [1.807, 2.05) is 31.2 Å². The number of urea groups is 1. The van der Waals surface area contributed by atoms with Crippen molar-refractivity contribution in [3.63, 3.8) is 0 Å². The van der Waals surface area contributed by atoms with Crippen molar-refractivity contribution >= 4 is 23.7 Å². The molecule has 116 valence electrons. The summed E-state index contributed by atoms with van der Waals surface area (Å²) in [5.41, 5.74) is 2.09. The molecule has 0 saturated carbocycles. The second kappa shape index (κ2) is 7.08. The predicted molar refractivity (Wildman–Crippen MR) is 84.5 cm³/mol. The maximum absolute atomic E-state index is 11.8. The first-order valence-electron chi connectivity index (χ1n) is 6.68. The smallest absolute Gasteiger partial charge is 0.321 e. The van der Waals surface area contributed by atoms with Gasteiger partial charge in [-0.2, -0.15) is 0 Å². The standard InChI is InChI=1S/C14H17N5O2S/c1-8-4-6-10(7-5-8)11-16-14(19-18-11)22-9(2)12(20)17-13(21)15-3/h4-7,9H,1-3H3,(H,16,18,19)(H2,15,17,20,21)/t9-/m1/s1. The molecule has 0 aliphatic rings. The van der Waals surface area contributed by atoms with Gasteiger partial charge in [-0.1, -0.05) is 41.6 Å². The van der Waals surface area contributed by atoms with Gasteiger partial charge in [-0.3, -0.25) is 15.2 Å². The zero-order valence-electron chi connectivity index (χ0n) is 12.5. The van der Waals surface area contributed by atoms with Gasteiger partial charge in [-0.25, -0.2) is 9.78 Å². The average Bonchev–Trinajstić information content (AvgIpc) is 2.96. The first-order valence-corrected chi connectivity index (χ1v) is 7.56. The summed E-state index contributed by atoms with van der Waals surface area (Å²) in [7, 11) is 1.45. The summed E-state index contributed by atoms with van der Waals surface area (Å²) in [6.45, 7) is 3.70. The van der Waals surface area contributed by atoms with Gasteiger partial charge in [0.2, 0.25) is 11.1 Å². The second-order valence-electron chi connectivity index (χ2n) is 4.66. The van der Waals surface area contributed by atoms with Crippen LogP contribution < -0.4 is 10.6 Å². The molecule has 8 heteroatoms. The Bertz CT molecular complexity index is 668. The van der Waals surface area contributed by atoms with E-state index in [2.05, 4.69) is 25.8 Å². The predicted octanol–water partition coefficient (Wildman–Crippen LogP) is 1.72. The minimum absolute atomic E-state index is 0.397. The number of H-pyrrole nitrogens is 1. The van der Waals surface area contributed by atoms with Gasteiger partial charge in [0.15, 0.2) is 5.82 Å². The summed E-state index contributed by atoms with van der Waals surface area (Å²) in [6, 6.07) is 7.35. The number of hydrogen-bond donors (Lipinski definition) is 3. The fourth-order valence-electron chi connectivity index (χ4n) is 1.63. The van der Waals surface area contributed by atoms with Gasteiger partial charge in [-0.05, 0) is 13.8 Å². The van der Waals surface area contributed by atoms with Crippen LogP contribution >= 0.6 is 11.8 Å². The number of nitrogens with one attached hydrogen (secondary N) is 3. The molecular weight excluding hydrogens is 302 g/mol. The molecule has 2 aromatic rings. The average molecular weight is 319 g/mol. The van der Waals surface area contributed by atoms with Crippen molar-refractivity contribution in [1.82, 2.24) is 25.8 Å². The molecule has 0 bridgehead atoms. The Hall–Kier alpha value is -2.35. The number of thioether (sulfide) groups is 1. The molecule has 0 radical (unpaired) electrons. The van der Waals surface area contributed by atoms with E-state index in [0.717, 1.165) is 11.1 Å². The highest BCUT2D eigenvalue weighted by atomic mass is 32.2. The number of aryl methyl sites for hydroxylation is 1. The molecule has 3 N–H and O–H groups in total. The Morgan fingerprint density at radius 1 is 1.27 bits per heavy atom. The van der Waals surface area contributed by atoms with Crippen LogP contribution in [0.1, 0.15) is 12.5 Å². The molecule has 0 spiro atoms. The Labute approximate surface area is 132 Å². The molecule has 3 amide bonds. The summed E-state index contributed by atoms with van der Waals surface area (Å²) in [5, 5.41) is 11.4. The van der Waals surface area contributed by atoms with Crippen molar-refractivity contribution in [2.75, 3.05) is 7.05 Å². The van der Waals surface area contributed by atoms with Crippen LogP contribution in [-0.4, -0.2) is 39.4 Å². The van der Waals surface area contributed by atoms with E-state index in [1.54, 1.807) is 6.92 Å². The number of aromatic amines is 1. The molecule has 2 rings (SSSR count). The van der Waals surface area contributed by atoms with Crippen LogP contribution in [0.4, 0.5) is 4.79 Å². The minimum atomic E-state index is -0.534.